The lowest BCUT2D eigenvalue weighted by Crippen LogP contribution is -2.08. The molecule has 1 unspecified atom stereocenters. The van der Waals surface area contributed by atoms with Crippen LogP contribution in [0.2, 0.25) is 0 Å². The molecule has 4 nitrogen and oxygen atoms in total. The SMILES string of the molecule is CC(c1cccnc1)n1nnc2ccc(Br)cc21. The van der Waals surface area contributed by atoms with Crippen LogP contribution in [-0.2, 0) is 0 Å². The minimum Gasteiger partial charge on any atom is -0.264 e. The van der Waals surface area contributed by atoms with Crippen molar-refractivity contribution < 1.29 is 0 Å². The minimum atomic E-state index is 0.109. The van der Waals surface area contributed by atoms with Crippen molar-refractivity contribution in [1.29, 1.82) is 0 Å². The number of pyridine rings is 1. The van der Waals surface area contributed by atoms with Gasteiger partial charge in [0, 0.05) is 16.9 Å². The summed E-state index contributed by atoms with van der Waals surface area (Å²) in [6.45, 7) is 2.09. The number of hydrogen-bond acceptors (Lipinski definition) is 3. The number of fused-ring (bicyclic) bond motifs is 1. The van der Waals surface area contributed by atoms with Crippen LogP contribution in [0.1, 0.15) is 18.5 Å². The summed E-state index contributed by atoms with van der Waals surface area (Å²) in [5.74, 6) is 0. The molecule has 2 heterocycles. The highest BCUT2D eigenvalue weighted by molar-refractivity contribution is 9.10. The van der Waals surface area contributed by atoms with Crippen molar-refractivity contribution in [2.45, 2.75) is 13.0 Å². The molecule has 0 amide bonds. The van der Waals surface area contributed by atoms with Gasteiger partial charge in [0.15, 0.2) is 0 Å². The molecule has 0 saturated heterocycles. The number of halogens is 1. The van der Waals surface area contributed by atoms with E-state index in [-0.39, 0.29) is 6.04 Å². The molecular formula is C13H11BrN4. The third-order valence-corrected chi connectivity index (χ3v) is 3.46. The molecule has 3 rings (SSSR count). The van der Waals surface area contributed by atoms with Crippen molar-refractivity contribution in [3.8, 4) is 0 Å². The molecule has 0 radical (unpaired) electrons. The largest absolute Gasteiger partial charge is 0.264 e. The fourth-order valence-corrected chi connectivity index (χ4v) is 2.31. The van der Waals surface area contributed by atoms with Crippen LogP contribution in [0.5, 0.6) is 0 Å². The maximum absolute atomic E-state index is 4.23. The molecular weight excluding hydrogens is 292 g/mol. The number of aromatic nitrogens is 4. The molecule has 1 aromatic carbocycles. The van der Waals surface area contributed by atoms with Gasteiger partial charge >= 0.3 is 0 Å². The second-order valence-electron chi connectivity index (χ2n) is 4.13. The van der Waals surface area contributed by atoms with Gasteiger partial charge in [-0.25, -0.2) is 4.68 Å². The molecule has 0 fully saturated rings. The highest BCUT2D eigenvalue weighted by Crippen LogP contribution is 2.23. The lowest BCUT2D eigenvalue weighted by Gasteiger charge is -2.12. The first-order valence-electron chi connectivity index (χ1n) is 5.66. The lowest BCUT2D eigenvalue weighted by molar-refractivity contribution is 0.558. The molecule has 0 N–H and O–H groups in total. The molecule has 90 valence electrons. The van der Waals surface area contributed by atoms with Crippen LogP contribution in [0.25, 0.3) is 11.0 Å². The average molecular weight is 303 g/mol. The number of benzene rings is 1. The molecule has 1 atom stereocenters. The van der Waals surface area contributed by atoms with Gasteiger partial charge in [0.1, 0.15) is 5.52 Å². The molecule has 3 aromatic rings. The molecule has 0 aliphatic rings. The van der Waals surface area contributed by atoms with Gasteiger partial charge in [-0.05, 0) is 36.8 Å². The van der Waals surface area contributed by atoms with Gasteiger partial charge in [0.05, 0.1) is 11.6 Å². The molecule has 5 heteroatoms. The quantitative estimate of drug-likeness (QED) is 0.730. The smallest absolute Gasteiger partial charge is 0.113 e. The Kier molecular flexibility index (Phi) is 2.83. The van der Waals surface area contributed by atoms with Crippen molar-refractivity contribution in [3.63, 3.8) is 0 Å². The zero-order valence-corrected chi connectivity index (χ0v) is 11.4. The number of hydrogen-bond donors (Lipinski definition) is 0. The molecule has 18 heavy (non-hydrogen) atoms. The molecule has 0 aliphatic heterocycles. The van der Waals surface area contributed by atoms with E-state index in [2.05, 4.69) is 38.1 Å². The zero-order valence-electron chi connectivity index (χ0n) is 9.79. The van der Waals surface area contributed by atoms with Gasteiger partial charge in [-0.15, -0.1) is 5.10 Å². The van der Waals surface area contributed by atoms with E-state index in [0.29, 0.717) is 0 Å². The summed E-state index contributed by atoms with van der Waals surface area (Å²) in [4.78, 5) is 4.14. The third-order valence-electron chi connectivity index (χ3n) is 2.97. The van der Waals surface area contributed by atoms with E-state index in [1.807, 2.05) is 41.2 Å². The van der Waals surface area contributed by atoms with E-state index in [1.165, 1.54) is 0 Å². The predicted octanol–water partition coefficient (Wildman–Crippen LogP) is 3.20. The zero-order chi connectivity index (χ0) is 12.5. The Morgan fingerprint density at radius 2 is 2.17 bits per heavy atom. The van der Waals surface area contributed by atoms with Gasteiger partial charge < -0.3 is 0 Å². The van der Waals surface area contributed by atoms with Gasteiger partial charge in [0.2, 0.25) is 0 Å². The van der Waals surface area contributed by atoms with Crippen LogP contribution in [0.3, 0.4) is 0 Å². The minimum absolute atomic E-state index is 0.109. The fraction of sp³-hybridized carbons (Fsp3) is 0.154. The number of rotatable bonds is 2. The second kappa shape index (κ2) is 4.49. The van der Waals surface area contributed by atoms with Crippen LogP contribution < -0.4 is 0 Å². The fourth-order valence-electron chi connectivity index (χ4n) is 1.96. The predicted molar refractivity (Wildman–Crippen MR) is 73.3 cm³/mol. The first kappa shape index (κ1) is 11.3. The van der Waals surface area contributed by atoms with Crippen molar-refractivity contribution >= 4 is 27.0 Å². The van der Waals surface area contributed by atoms with E-state index in [9.17, 15) is 0 Å². The van der Waals surface area contributed by atoms with Gasteiger partial charge in [-0.1, -0.05) is 27.2 Å². The van der Waals surface area contributed by atoms with Gasteiger partial charge in [-0.2, -0.15) is 0 Å². The summed E-state index contributed by atoms with van der Waals surface area (Å²) in [6.07, 6.45) is 3.63. The van der Waals surface area contributed by atoms with E-state index >= 15 is 0 Å². The number of nitrogens with zero attached hydrogens (tertiary/aromatic N) is 4. The summed E-state index contributed by atoms with van der Waals surface area (Å²) < 4.78 is 2.94. The Labute approximate surface area is 113 Å². The highest BCUT2D eigenvalue weighted by Gasteiger charge is 2.13. The Morgan fingerprint density at radius 3 is 2.94 bits per heavy atom. The molecule has 0 bridgehead atoms. The summed E-state index contributed by atoms with van der Waals surface area (Å²) in [5.41, 5.74) is 3.03. The summed E-state index contributed by atoms with van der Waals surface area (Å²) in [7, 11) is 0. The van der Waals surface area contributed by atoms with E-state index < -0.39 is 0 Å². The first-order valence-corrected chi connectivity index (χ1v) is 6.45. The Hall–Kier alpha value is -1.75. The Bertz CT molecular complexity index is 678. The Morgan fingerprint density at radius 1 is 1.28 bits per heavy atom. The molecule has 2 aromatic heterocycles. The van der Waals surface area contributed by atoms with E-state index in [1.54, 1.807) is 6.20 Å². The van der Waals surface area contributed by atoms with Crippen molar-refractivity contribution in [3.05, 3.63) is 52.8 Å². The van der Waals surface area contributed by atoms with Gasteiger partial charge in [0.25, 0.3) is 0 Å². The van der Waals surface area contributed by atoms with Crippen molar-refractivity contribution in [1.82, 2.24) is 20.0 Å². The maximum atomic E-state index is 4.23. The van der Waals surface area contributed by atoms with Crippen molar-refractivity contribution in [2.75, 3.05) is 0 Å². The average Bonchev–Trinajstić information content (AvgIpc) is 2.82. The highest BCUT2D eigenvalue weighted by atomic mass is 79.9. The van der Waals surface area contributed by atoms with Crippen LogP contribution in [-0.4, -0.2) is 20.0 Å². The molecule has 0 aliphatic carbocycles. The van der Waals surface area contributed by atoms with Crippen LogP contribution >= 0.6 is 15.9 Å². The van der Waals surface area contributed by atoms with Crippen LogP contribution in [0.4, 0.5) is 0 Å². The van der Waals surface area contributed by atoms with E-state index in [0.717, 1.165) is 21.1 Å². The molecule has 0 spiro atoms. The standard InChI is InChI=1S/C13H11BrN4/c1-9(10-3-2-6-15-8-10)18-13-7-11(14)4-5-12(13)16-17-18/h2-9H,1H3. The monoisotopic (exact) mass is 302 g/mol. The summed E-state index contributed by atoms with van der Waals surface area (Å²) in [5, 5.41) is 8.41. The second-order valence-corrected chi connectivity index (χ2v) is 5.05. The van der Waals surface area contributed by atoms with Gasteiger partial charge in [-0.3, -0.25) is 4.98 Å². The van der Waals surface area contributed by atoms with Crippen LogP contribution in [0.15, 0.2) is 47.2 Å². The van der Waals surface area contributed by atoms with E-state index in [4.69, 9.17) is 0 Å². The Balaban J connectivity index is 2.12. The van der Waals surface area contributed by atoms with Crippen LogP contribution in [0, 0.1) is 0 Å². The lowest BCUT2D eigenvalue weighted by atomic mass is 10.1. The third kappa shape index (κ3) is 1.90. The van der Waals surface area contributed by atoms with Crippen molar-refractivity contribution in [2.24, 2.45) is 0 Å². The normalized spacial score (nSPS) is 12.8. The topological polar surface area (TPSA) is 43.6 Å². The summed E-state index contributed by atoms with van der Waals surface area (Å²) in [6, 6.07) is 10.0. The first-order chi connectivity index (χ1) is 8.75. The molecule has 0 saturated carbocycles. The maximum Gasteiger partial charge on any atom is 0.113 e. The summed E-state index contributed by atoms with van der Waals surface area (Å²) >= 11 is 3.48.